The fourth-order valence-corrected chi connectivity index (χ4v) is 4.47. The Kier molecular flexibility index (Phi) is 5.51. The predicted molar refractivity (Wildman–Crippen MR) is 122 cm³/mol. The van der Waals surface area contributed by atoms with Crippen molar-refractivity contribution in [1.29, 1.82) is 0 Å². The molecule has 3 aromatic heterocycles. The fraction of sp³-hybridized carbons (Fsp3) is 0.375. The number of hydrogen-bond donors (Lipinski definition) is 1. The molecule has 1 N–H and O–H groups in total. The van der Waals surface area contributed by atoms with E-state index in [2.05, 4.69) is 33.1 Å². The lowest BCUT2D eigenvalue weighted by molar-refractivity contribution is 0.126. The Bertz CT molecular complexity index is 1220. The molecule has 1 aliphatic rings. The van der Waals surface area contributed by atoms with E-state index in [0.29, 0.717) is 5.75 Å². The number of benzene rings is 1. The molecule has 0 radical (unpaired) electrons. The summed E-state index contributed by atoms with van der Waals surface area (Å²) in [4.78, 5) is 4.57. The second-order valence-corrected chi connectivity index (χ2v) is 8.29. The molecule has 0 spiro atoms. The summed E-state index contributed by atoms with van der Waals surface area (Å²) in [5.41, 5.74) is 2.94. The van der Waals surface area contributed by atoms with Crippen molar-refractivity contribution in [3.8, 4) is 17.0 Å². The van der Waals surface area contributed by atoms with Gasteiger partial charge in [-0.15, -0.1) is 0 Å². The molecule has 5 rings (SSSR count). The van der Waals surface area contributed by atoms with Crippen LogP contribution in [0.15, 0.2) is 48.9 Å². The molecular weight excluding hydrogens is 407 g/mol. The average Bonchev–Trinajstić information content (AvgIpc) is 3.39. The zero-order valence-electron chi connectivity index (χ0n) is 18.3. The highest BCUT2D eigenvalue weighted by Crippen LogP contribution is 2.36. The normalized spacial score (nSPS) is 18.7. The largest absolute Gasteiger partial charge is 0.487 e. The number of hydrogen-bond acceptors (Lipinski definition) is 5. The van der Waals surface area contributed by atoms with Gasteiger partial charge in [-0.05, 0) is 44.7 Å². The first-order valence-electron chi connectivity index (χ1n) is 11.1. The molecular formula is C24H27FN6O. The Morgan fingerprint density at radius 2 is 1.97 bits per heavy atom. The highest BCUT2D eigenvalue weighted by Gasteiger charge is 2.27. The number of rotatable bonds is 6. The number of nitrogens with one attached hydrogen (secondary N) is 1. The SMILES string of the molecule is CCNc1cc2c(cn1)c(-c1cnn(C)c1)nn2C1CCC(Oc2ccccc2F)CC1. The van der Waals surface area contributed by atoms with Crippen molar-refractivity contribution in [2.45, 2.75) is 44.8 Å². The lowest BCUT2D eigenvalue weighted by Crippen LogP contribution is -2.26. The summed E-state index contributed by atoms with van der Waals surface area (Å²) in [5.74, 6) is 0.869. The molecule has 0 saturated heterocycles. The van der Waals surface area contributed by atoms with Gasteiger partial charge in [-0.1, -0.05) is 12.1 Å². The van der Waals surface area contributed by atoms with Gasteiger partial charge in [-0.3, -0.25) is 9.36 Å². The summed E-state index contributed by atoms with van der Waals surface area (Å²) in [7, 11) is 1.90. The van der Waals surface area contributed by atoms with E-state index in [1.54, 1.807) is 22.9 Å². The number of halogens is 1. The van der Waals surface area contributed by atoms with Crippen LogP contribution in [0.2, 0.25) is 0 Å². The lowest BCUT2D eigenvalue weighted by Gasteiger charge is -2.29. The molecule has 0 bridgehead atoms. The molecule has 32 heavy (non-hydrogen) atoms. The minimum Gasteiger partial charge on any atom is -0.487 e. The number of pyridine rings is 1. The van der Waals surface area contributed by atoms with Gasteiger partial charge in [-0.25, -0.2) is 9.37 Å². The number of ether oxygens (including phenoxy) is 1. The maximum absolute atomic E-state index is 14.0. The molecule has 166 valence electrons. The molecule has 8 heteroatoms. The van der Waals surface area contributed by atoms with Crippen LogP contribution < -0.4 is 10.1 Å². The van der Waals surface area contributed by atoms with Crippen molar-refractivity contribution in [3.05, 3.63) is 54.7 Å². The van der Waals surface area contributed by atoms with Crippen LogP contribution in [0.4, 0.5) is 10.2 Å². The molecule has 0 amide bonds. The summed E-state index contributed by atoms with van der Waals surface area (Å²) in [5, 5.41) is 13.6. The zero-order valence-corrected chi connectivity index (χ0v) is 18.3. The van der Waals surface area contributed by atoms with Crippen molar-refractivity contribution in [2.75, 3.05) is 11.9 Å². The van der Waals surface area contributed by atoms with Gasteiger partial charge in [0.1, 0.15) is 11.5 Å². The monoisotopic (exact) mass is 434 g/mol. The van der Waals surface area contributed by atoms with Gasteiger partial charge in [0.2, 0.25) is 0 Å². The van der Waals surface area contributed by atoms with Gasteiger partial charge in [0.05, 0.1) is 23.9 Å². The molecule has 1 aromatic carbocycles. The van der Waals surface area contributed by atoms with Crippen LogP contribution in [0.3, 0.4) is 0 Å². The first kappa shape index (κ1) is 20.5. The second-order valence-electron chi connectivity index (χ2n) is 8.29. The van der Waals surface area contributed by atoms with Crippen molar-refractivity contribution in [3.63, 3.8) is 0 Å². The first-order chi connectivity index (χ1) is 15.6. The third kappa shape index (κ3) is 3.92. The molecule has 0 atom stereocenters. The van der Waals surface area contributed by atoms with E-state index in [-0.39, 0.29) is 18.0 Å². The van der Waals surface area contributed by atoms with E-state index < -0.39 is 0 Å². The summed E-state index contributed by atoms with van der Waals surface area (Å²) >= 11 is 0. The predicted octanol–water partition coefficient (Wildman–Crippen LogP) is 4.97. The van der Waals surface area contributed by atoms with Crippen molar-refractivity contribution in [2.24, 2.45) is 7.05 Å². The molecule has 1 fully saturated rings. The minimum absolute atomic E-state index is 0.0155. The van der Waals surface area contributed by atoms with Crippen LogP contribution in [-0.2, 0) is 7.05 Å². The fourth-order valence-electron chi connectivity index (χ4n) is 4.47. The molecule has 0 aliphatic heterocycles. The van der Waals surface area contributed by atoms with Crippen molar-refractivity contribution >= 4 is 16.7 Å². The molecule has 7 nitrogen and oxygen atoms in total. The number of aromatic nitrogens is 5. The zero-order chi connectivity index (χ0) is 22.1. The van der Waals surface area contributed by atoms with E-state index in [1.165, 1.54) is 6.07 Å². The molecule has 1 saturated carbocycles. The maximum Gasteiger partial charge on any atom is 0.165 e. The smallest absolute Gasteiger partial charge is 0.165 e. The Balaban J connectivity index is 1.42. The summed E-state index contributed by atoms with van der Waals surface area (Å²) in [6.07, 6.45) is 9.27. The van der Waals surface area contributed by atoms with E-state index in [9.17, 15) is 4.39 Å². The van der Waals surface area contributed by atoms with Gasteiger partial charge in [0, 0.05) is 43.0 Å². The van der Waals surface area contributed by atoms with Crippen LogP contribution in [0, 0.1) is 5.82 Å². The van der Waals surface area contributed by atoms with Crippen LogP contribution in [0.5, 0.6) is 5.75 Å². The Hall–Kier alpha value is -3.42. The summed E-state index contributed by atoms with van der Waals surface area (Å²) in [6.45, 7) is 2.86. The number of anilines is 1. The number of para-hydroxylation sites is 1. The first-order valence-corrected chi connectivity index (χ1v) is 11.1. The topological polar surface area (TPSA) is 69.8 Å². The van der Waals surface area contributed by atoms with Gasteiger partial charge in [0.25, 0.3) is 0 Å². The third-order valence-corrected chi connectivity index (χ3v) is 6.05. The van der Waals surface area contributed by atoms with Crippen molar-refractivity contribution < 1.29 is 9.13 Å². The number of nitrogens with zero attached hydrogens (tertiary/aromatic N) is 5. The van der Waals surface area contributed by atoms with Crippen molar-refractivity contribution in [1.82, 2.24) is 24.5 Å². The minimum atomic E-state index is -0.308. The van der Waals surface area contributed by atoms with Gasteiger partial charge >= 0.3 is 0 Å². The molecule has 3 heterocycles. The van der Waals surface area contributed by atoms with Gasteiger partial charge in [0.15, 0.2) is 11.6 Å². The van der Waals surface area contributed by atoms with Crippen LogP contribution in [0.1, 0.15) is 38.6 Å². The summed E-state index contributed by atoms with van der Waals surface area (Å²) in [6, 6.07) is 8.94. The molecule has 4 aromatic rings. The molecule has 1 aliphatic carbocycles. The highest BCUT2D eigenvalue weighted by atomic mass is 19.1. The highest BCUT2D eigenvalue weighted by molar-refractivity contribution is 5.93. The van der Waals surface area contributed by atoms with E-state index >= 15 is 0 Å². The van der Waals surface area contributed by atoms with E-state index in [1.807, 2.05) is 25.6 Å². The van der Waals surface area contributed by atoms with E-state index in [0.717, 1.165) is 60.2 Å². The van der Waals surface area contributed by atoms with Gasteiger partial charge < -0.3 is 10.1 Å². The Morgan fingerprint density at radius 3 is 2.69 bits per heavy atom. The van der Waals surface area contributed by atoms with Gasteiger partial charge in [-0.2, -0.15) is 10.2 Å². The van der Waals surface area contributed by atoms with Crippen LogP contribution in [0.25, 0.3) is 22.2 Å². The average molecular weight is 435 g/mol. The maximum atomic E-state index is 14.0. The van der Waals surface area contributed by atoms with Crippen LogP contribution in [-0.4, -0.2) is 37.2 Å². The standard InChI is InChI=1S/C24H27FN6O/c1-3-26-23-12-21-19(14-27-23)24(16-13-28-30(2)15-16)29-31(21)17-8-10-18(11-9-17)32-22-7-5-4-6-20(22)25/h4-7,12-15,17-18H,3,8-11H2,1-2H3,(H,26,27). The summed E-state index contributed by atoms with van der Waals surface area (Å²) < 4.78 is 23.8. The second kappa shape index (κ2) is 8.61. The number of aryl methyl sites for hydroxylation is 1. The Labute approximate surface area is 186 Å². The number of fused-ring (bicyclic) bond motifs is 1. The lowest BCUT2D eigenvalue weighted by atomic mass is 9.93. The van der Waals surface area contributed by atoms with Crippen LogP contribution >= 0.6 is 0 Å². The third-order valence-electron chi connectivity index (χ3n) is 6.05. The molecule has 0 unspecified atom stereocenters. The van der Waals surface area contributed by atoms with E-state index in [4.69, 9.17) is 9.84 Å². The quantitative estimate of drug-likeness (QED) is 0.464. The Morgan fingerprint density at radius 1 is 1.16 bits per heavy atom.